The zero-order valence-electron chi connectivity index (χ0n) is 20.8. The van der Waals surface area contributed by atoms with Gasteiger partial charge in [0.05, 0.1) is 0 Å². The van der Waals surface area contributed by atoms with Crippen LogP contribution in [0.5, 0.6) is 0 Å². The zero-order valence-corrected chi connectivity index (χ0v) is 23.9. The van der Waals surface area contributed by atoms with Crippen molar-refractivity contribution in [2.24, 2.45) is 0 Å². The van der Waals surface area contributed by atoms with Gasteiger partial charge in [0.15, 0.2) is 0 Å². The first-order valence-corrected chi connectivity index (χ1v) is 14.7. The fourth-order valence-electron chi connectivity index (χ4n) is 4.64. The van der Waals surface area contributed by atoms with Crippen molar-refractivity contribution in [2.75, 3.05) is 0 Å². The van der Waals surface area contributed by atoms with Crippen molar-refractivity contribution in [1.29, 1.82) is 0 Å². The Kier molecular flexibility index (Phi) is 12.7. The average Bonchev–Trinajstić information content (AvgIpc) is 3.58. The van der Waals surface area contributed by atoms with E-state index in [0.717, 1.165) is 16.4 Å². The molecule has 4 rings (SSSR count). The maximum atomic E-state index is 2.47. The van der Waals surface area contributed by atoms with Gasteiger partial charge in [-0.2, -0.15) is 46.5 Å². The van der Waals surface area contributed by atoms with Crippen LogP contribution in [0.15, 0.2) is 60.1 Å². The minimum atomic E-state index is 0. The van der Waals surface area contributed by atoms with Crippen LogP contribution < -0.4 is 0 Å². The van der Waals surface area contributed by atoms with E-state index in [4.69, 9.17) is 0 Å². The molecule has 0 saturated carbocycles. The van der Waals surface area contributed by atoms with Gasteiger partial charge in [-0.1, -0.05) is 90.7 Å². The van der Waals surface area contributed by atoms with Gasteiger partial charge in [-0.05, 0) is 27.0 Å². The normalized spacial score (nSPS) is 11.0. The molecule has 178 valence electrons. The van der Waals surface area contributed by atoms with Crippen LogP contribution in [-0.2, 0) is 42.8 Å². The van der Waals surface area contributed by atoms with E-state index in [1.807, 2.05) is 0 Å². The summed E-state index contributed by atoms with van der Waals surface area (Å²) < 4.78 is 0. The Morgan fingerprint density at radius 3 is 1.33 bits per heavy atom. The molecular formula is C30H40FeP2. The fourth-order valence-corrected chi connectivity index (χ4v) is 7.50. The molecule has 0 aliphatic rings. The van der Waals surface area contributed by atoms with Gasteiger partial charge in [0.1, 0.15) is 0 Å². The molecule has 0 amide bonds. The van der Waals surface area contributed by atoms with Crippen LogP contribution in [-0.4, -0.2) is 0 Å². The Hall–Kier alpha value is -1.22. The first-order valence-electron chi connectivity index (χ1n) is 12.6. The minimum Gasteiger partial charge on any atom is -0.183 e. The van der Waals surface area contributed by atoms with Gasteiger partial charge in [0.2, 0.25) is 0 Å². The number of aryl methyl sites for hydroxylation is 2. The molecule has 2 unspecified atom stereocenters. The van der Waals surface area contributed by atoms with Crippen molar-refractivity contribution in [3.63, 3.8) is 0 Å². The Bertz CT molecular complexity index is 931. The monoisotopic (exact) mass is 518 g/mol. The van der Waals surface area contributed by atoms with Crippen molar-refractivity contribution < 1.29 is 17.1 Å². The summed E-state index contributed by atoms with van der Waals surface area (Å²) in [6, 6.07) is 17.6. The fraction of sp³-hybridized carbons (Fsp3) is 0.400. The first kappa shape index (κ1) is 28.0. The molecule has 2 aromatic heterocycles. The molecule has 4 aromatic rings. The summed E-state index contributed by atoms with van der Waals surface area (Å²) >= 11 is 0. The Morgan fingerprint density at radius 2 is 1.03 bits per heavy atom. The van der Waals surface area contributed by atoms with E-state index >= 15 is 0 Å². The molecule has 0 aliphatic heterocycles. The third kappa shape index (κ3) is 7.38. The molecule has 2 heterocycles. The van der Waals surface area contributed by atoms with Gasteiger partial charge in [0.25, 0.3) is 0 Å². The zero-order chi connectivity index (χ0) is 22.8. The molecule has 0 saturated heterocycles. The third-order valence-corrected chi connectivity index (χ3v) is 8.85. The van der Waals surface area contributed by atoms with E-state index in [9.17, 15) is 0 Å². The van der Waals surface area contributed by atoms with Gasteiger partial charge < -0.3 is 0 Å². The summed E-state index contributed by atoms with van der Waals surface area (Å²) in [7, 11) is 1.78. The second-order valence-electron chi connectivity index (χ2n) is 8.68. The quantitative estimate of drug-likeness (QED) is 0.145. The third-order valence-electron chi connectivity index (χ3n) is 6.10. The molecule has 0 N–H and O–H groups in total. The van der Waals surface area contributed by atoms with Gasteiger partial charge in [-0.25, -0.2) is 0 Å². The minimum absolute atomic E-state index is 0. The summed E-state index contributed by atoms with van der Waals surface area (Å²) in [4.78, 5) is 0. The van der Waals surface area contributed by atoms with E-state index in [1.54, 1.807) is 32.8 Å². The molecule has 3 heteroatoms. The van der Waals surface area contributed by atoms with Gasteiger partial charge in [0, 0.05) is 0 Å². The van der Waals surface area contributed by atoms with Crippen LogP contribution in [0.4, 0.5) is 0 Å². The van der Waals surface area contributed by atoms with Gasteiger partial charge in [-0.3, -0.25) is 0 Å². The molecule has 0 bridgehead atoms. The standard InChI is InChI=1S/2C15H20P.Fe/c2*1-3-7-13-11-16-15(14(13)8-4-2)12-9-5-6-10-12;/h2*5-6,9-11,16H,3-4,7-8H2,1-2H3;/q2*-1;+2. The van der Waals surface area contributed by atoms with Crippen LogP contribution in [0, 0.1) is 0 Å². The summed E-state index contributed by atoms with van der Waals surface area (Å²) in [5.41, 5.74) is 9.44. The molecule has 33 heavy (non-hydrogen) atoms. The average molecular weight is 518 g/mol. The van der Waals surface area contributed by atoms with Crippen molar-refractivity contribution in [3.05, 3.63) is 82.4 Å². The predicted molar refractivity (Wildman–Crippen MR) is 150 cm³/mol. The predicted octanol–water partition coefficient (Wildman–Crippen LogP) is 10.0. The van der Waals surface area contributed by atoms with E-state index in [0.29, 0.717) is 0 Å². The van der Waals surface area contributed by atoms with Crippen LogP contribution in [0.3, 0.4) is 0 Å². The molecule has 0 radical (unpaired) electrons. The van der Waals surface area contributed by atoms with E-state index < -0.39 is 0 Å². The summed E-state index contributed by atoms with van der Waals surface area (Å²) in [6.07, 6.45) is 10.0. The Labute approximate surface area is 216 Å². The van der Waals surface area contributed by atoms with Crippen LogP contribution in [0.2, 0.25) is 0 Å². The number of rotatable bonds is 10. The molecular weight excluding hydrogens is 478 g/mol. The van der Waals surface area contributed by atoms with Gasteiger partial charge in [-0.15, -0.1) is 35.4 Å². The topological polar surface area (TPSA) is 0 Å². The molecule has 0 fully saturated rings. The van der Waals surface area contributed by atoms with E-state index in [1.165, 1.54) is 62.5 Å². The molecule has 0 nitrogen and oxygen atoms in total. The van der Waals surface area contributed by atoms with Crippen LogP contribution in [0.25, 0.3) is 21.7 Å². The molecule has 2 aromatic carbocycles. The Morgan fingerprint density at radius 1 is 0.636 bits per heavy atom. The second kappa shape index (κ2) is 14.9. The van der Waals surface area contributed by atoms with Crippen molar-refractivity contribution in [1.82, 2.24) is 0 Å². The summed E-state index contributed by atoms with van der Waals surface area (Å²) in [5, 5.41) is 3.21. The van der Waals surface area contributed by atoms with Gasteiger partial charge >= 0.3 is 17.1 Å². The molecule has 0 spiro atoms. The molecule has 2 atom stereocenters. The SMILES string of the molecule is CCCc1c[pH+][c-](-c2ccc[cH-]2)c1CCC.CCCc1c[pH+][c-](-c2ccc[cH-]2)c1CCC.[Fe+2]. The maximum absolute atomic E-state index is 2.47. The van der Waals surface area contributed by atoms with Crippen molar-refractivity contribution in [3.8, 4) is 21.7 Å². The molecule has 0 aliphatic carbocycles. The Balaban J connectivity index is 0.000000227. The van der Waals surface area contributed by atoms with Crippen LogP contribution >= 0.6 is 16.4 Å². The summed E-state index contributed by atoms with van der Waals surface area (Å²) in [5.74, 6) is 4.94. The summed E-state index contributed by atoms with van der Waals surface area (Å²) in [6.45, 7) is 9.10. The number of hydrogen-bond donors (Lipinski definition) is 0. The van der Waals surface area contributed by atoms with E-state index in [2.05, 4.69) is 87.8 Å². The largest absolute Gasteiger partial charge is 2.00 e. The maximum Gasteiger partial charge on any atom is 2.00 e. The number of hydrogen-bond acceptors (Lipinski definition) is 0. The van der Waals surface area contributed by atoms with Crippen LogP contribution in [0.1, 0.15) is 75.6 Å². The van der Waals surface area contributed by atoms with E-state index in [-0.39, 0.29) is 17.1 Å². The first-order chi connectivity index (χ1) is 15.7. The second-order valence-corrected chi connectivity index (χ2v) is 10.8. The smallest absolute Gasteiger partial charge is 0.183 e. The van der Waals surface area contributed by atoms with Crippen molar-refractivity contribution >= 4 is 16.4 Å². The van der Waals surface area contributed by atoms with Crippen molar-refractivity contribution in [2.45, 2.75) is 79.1 Å².